The molecule has 1 heterocycles. The maximum atomic E-state index is 13.2. The molecule has 0 unspecified atom stereocenters. The van der Waals surface area contributed by atoms with Crippen LogP contribution in [0.4, 0.5) is 23.7 Å². The first kappa shape index (κ1) is 18.5. The van der Waals surface area contributed by atoms with Crippen molar-refractivity contribution in [2.45, 2.75) is 32.5 Å². The molecule has 0 aliphatic carbocycles. The van der Waals surface area contributed by atoms with Gasteiger partial charge in [-0.25, -0.2) is 4.79 Å². The van der Waals surface area contributed by atoms with Gasteiger partial charge in [-0.2, -0.15) is 17.5 Å². The predicted molar refractivity (Wildman–Crippen MR) is 87.4 cm³/mol. The Kier molecular flexibility index (Phi) is 5.10. The smallest absolute Gasteiger partial charge is 0.429 e. The van der Waals surface area contributed by atoms with Crippen LogP contribution >= 0.6 is 23.1 Å². The topological polar surface area (TPSA) is 51.2 Å². The van der Waals surface area contributed by atoms with Crippen molar-refractivity contribution in [3.8, 4) is 11.3 Å². The van der Waals surface area contributed by atoms with E-state index >= 15 is 0 Å². The van der Waals surface area contributed by atoms with Gasteiger partial charge in [0.25, 0.3) is 0 Å². The Balaban J connectivity index is 2.44. The van der Waals surface area contributed by atoms with Gasteiger partial charge in [-0.05, 0) is 44.4 Å². The van der Waals surface area contributed by atoms with Crippen LogP contribution < -0.4 is 5.32 Å². The summed E-state index contributed by atoms with van der Waals surface area (Å²) >= 11 is 6.05. The molecule has 4 nitrogen and oxygen atoms in total. The molecule has 2 rings (SSSR count). The van der Waals surface area contributed by atoms with Gasteiger partial charge < -0.3 is 4.74 Å². The van der Waals surface area contributed by atoms with E-state index in [1.807, 2.05) is 0 Å². The highest BCUT2D eigenvalue weighted by atomic mass is 35.5. The first-order valence-electron chi connectivity index (χ1n) is 6.80. The molecular weight excluding hydrogens is 365 g/mol. The molecular formula is C15H14ClF3N2O2S. The fourth-order valence-electron chi connectivity index (χ4n) is 1.81. The summed E-state index contributed by atoms with van der Waals surface area (Å²) in [4.78, 5) is 10.9. The SMILES string of the molecule is CC(C)(C)OC(=O)Nc1c(-c2ccc(Cl)cc2)nsc1C(F)(F)F. The number of amides is 1. The molecule has 0 saturated heterocycles. The standard InChI is InChI=1S/C15H14ClF3N2O2S/c1-14(2,3)23-13(22)20-11-10(8-4-6-9(16)7-5-8)21-24-12(11)15(17,18)19/h4-7H,1-3H3,(H,20,22). The molecule has 1 N–H and O–H groups in total. The van der Waals surface area contributed by atoms with Gasteiger partial charge in [0.05, 0.1) is 5.69 Å². The highest BCUT2D eigenvalue weighted by Crippen LogP contribution is 2.43. The van der Waals surface area contributed by atoms with Gasteiger partial charge in [0, 0.05) is 10.6 Å². The lowest BCUT2D eigenvalue weighted by molar-refractivity contribution is -0.133. The third kappa shape index (κ3) is 4.61. The molecule has 0 atom stereocenters. The summed E-state index contributed by atoms with van der Waals surface area (Å²) in [5, 5.41) is 2.61. The van der Waals surface area contributed by atoms with Crippen molar-refractivity contribution in [2.75, 3.05) is 5.32 Å². The number of nitrogens with zero attached hydrogens (tertiary/aromatic N) is 1. The van der Waals surface area contributed by atoms with E-state index in [1.165, 1.54) is 24.3 Å². The Bertz CT molecular complexity index is 737. The van der Waals surface area contributed by atoms with Crippen molar-refractivity contribution in [1.29, 1.82) is 0 Å². The fraction of sp³-hybridized carbons (Fsp3) is 0.333. The van der Waals surface area contributed by atoms with Gasteiger partial charge in [-0.15, -0.1) is 0 Å². The van der Waals surface area contributed by atoms with Gasteiger partial charge >= 0.3 is 12.3 Å². The Morgan fingerprint density at radius 3 is 2.29 bits per heavy atom. The van der Waals surface area contributed by atoms with Crippen molar-refractivity contribution in [1.82, 2.24) is 4.37 Å². The highest BCUT2D eigenvalue weighted by molar-refractivity contribution is 7.06. The zero-order chi connectivity index (χ0) is 18.1. The summed E-state index contributed by atoms with van der Waals surface area (Å²) in [5.41, 5.74) is -0.858. The molecule has 24 heavy (non-hydrogen) atoms. The molecule has 0 aliphatic rings. The van der Waals surface area contributed by atoms with Crippen molar-refractivity contribution in [3.05, 3.63) is 34.2 Å². The molecule has 0 fully saturated rings. The minimum Gasteiger partial charge on any atom is -0.444 e. The molecule has 0 bridgehead atoms. The largest absolute Gasteiger partial charge is 0.444 e. The maximum absolute atomic E-state index is 13.2. The number of ether oxygens (including phenoxy) is 1. The molecule has 0 saturated carbocycles. The summed E-state index contributed by atoms with van der Waals surface area (Å²) in [6.07, 6.45) is -5.63. The molecule has 2 aromatic rings. The second kappa shape index (κ2) is 6.60. The third-order valence-electron chi connectivity index (χ3n) is 2.69. The Morgan fingerprint density at radius 1 is 1.21 bits per heavy atom. The average Bonchev–Trinajstić information content (AvgIpc) is 2.80. The van der Waals surface area contributed by atoms with Crippen LogP contribution in [0.3, 0.4) is 0 Å². The lowest BCUT2D eigenvalue weighted by Crippen LogP contribution is -2.27. The number of nitrogens with one attached hydrogen (secondary N) is 1. The van der Waals surface area contributed by atoms with Crippen molar-refractivity contribution >= 4 is 34.9 Å². The molecule has 0 spiro atoms. The average molecular weight is 379 g/mol. The monoisotopic (exact) mass is 378 g/mol. The summed E-state index contributed by atoms with van der Waals surface area (Å²) in [6, 6.07) is 6.11. The quantitative estimate of drug-likeness (QED) is 0.715. The number of benzene rings is 1. The Morgan fingerprint density at radius 2 is 1.79 bits per heavy atom. The lowest BCUT2D eigenvalue weighted by atomic mass is 10.1. The molecule has 0 aliphatic heterocycles. The first-order valence-corrected chi connectivity index (χ1v) is 7.95. The second-order valence-corrected chi connectivity index (χ2v) is 7.08. The van der Waals surface area contributed by atoms with E-state index in [0.717, 1.165) is 0 Å². The van der Waals surface area contributed by atoms with Crippen molar-refractivity contribution < 1.29 is 22.7 Å². The van der Waals surface area contributed by atoms with Crippen molar-refractivity contribution in [3.63, 3.8) is 0 Å². The fourth-order valence-corrected chi connectivity index (χ4v) is 2.66. The third-order valence-corrected chi connectivity index (χ3v) is 3.84. The number of halogens is 4. The Labute approximate surface area is 145 Å². The first-order chi connectivity index (χ1) is 11.0. The van der Waals surface area contributed by atoms with Crippen LogP contribution in [0.1, 0.15) is 25.6 Å². The summed E-state index contributed by atoms with van der Waals surface area (Å²) in [7, 11) is 0. The summed E-state index contributed by atoms with van der Waals surface area (Å²) < 4.78 is 48.4. The number of alkyl halides is 3. The lowest BCUT2D eigenvalue weighted by Gasteiger charge is -2.20. The highest BCUT2D eigenvalue weighted by Gasteiger charge is 2.39. The van der Waals surface area contributed by atoms with Crippen LogP contribution in [0, 0.1) is 0 Å². The van der Waals surface area contributed by atoms with E-state index < -0.39 is 28.4 Å². The van der Waals surface area contributed by atoms with Crippen LogP contribution in [-0.4, -0.2) is 16.1 Å². The minimum absolute atomic E-state index is 0.00912. The molecule has 9 heteroatoms. The minimum atomic E-state index is -4.65. The van der Waals surface area contributed by atoms with Crippen LogP contribution in [-0.2, 0) is 10.9 Å². The van der Waals surface area contributed by atoms with Gasteiger partial charge in [0.15, 0.2) is 4.88 Å². The van der Waals surface area contributed by atoms with E-state index in [0.29, 0.717) is 10.6 Å². The van der Waals surface area contributed by atoms with Crippen LogP contribution in [0.2, 0.25) is 5.02 Å². The van der Waals surface area contributed by atoms with Gasteiger partial charge in [-0.1, -0.05) is 23.7 Å². The van der Waals surface area contributed by atoms with E-state index in [4.69, 9.17) is 16.3 Å². The van der Waals surface area contributed by atoms with Gasteiger partial charge in [-0.3, -0.25) is 5.32 Å². The van der Waals surface area contributed by atoms with Gasteiger partial charge in [0.2, 0.25) is 0 Å². The molecule has 1 amide bonds. The molecule has 1 aromatic heterocycles. The maximum Gasteiger partial charge on any atom is 0.429 e. The molecule has 0 radical (unpaired) electrons. The number of aromatic nitrogens is 1. The van der Waals surface area contributed by atoms with Gasteiger partial charge in [0.1, 0.15) is 11.3 Å². The zero-order valence-electron chi connectivity index (χ0n) is 13.0. The number of carbonyl (C=O) groups is 1. The van der Waals surface area contributed by atoms with E-state index in [2.05, 4.69) is 9.69 Å². The van der Waals surface area contributed by atoms with Crippen molar-refractivity contribution in [2.24, 2.45) is 0 Å². The second-order valence-electron chi connectivity index (χ2n) is 5.87. The number of hydrogen-bond acceptors (Lipinski definition) is 4. The normalized spacial score (nSPS) is 12.1. The molecule has 130 valence electrons. The zero-order valence-corrected chi connectivity index (χ0v) is 14.6. The number of rotatable bonds is 2. The van der Waals surface area contributed by atoms with Crippen LogP contribution in [0.15, 0.2) is 24.3 Å². The summed E-state index contributed by atoms with van der Waals surface area (Å²) in [5.74, 6) is 0. The summed E-state index contributed by atoms with van der Waals surface area (Å²) in [6.45, 7) is 4.84. The number of hydrogen-bond donors (Lipinski definition) is 1. The Hall–Kier alpha value is -1.80. The number of carbonyl (C=O) groups excluding carboxylic acids is 1. The van der Waals surface area contributed by atoms with Crippen LogP contribution in [0.25, 0.3) is 11.3 Å². The number of anilines is 1. The van der Waals surface area contributed by atoms with Crippen LogP contribution in [0.5, 0.6) is 0 Å². The molecule has 1 aromatic carbocycles. The van der Waals surface area contributed by atoms with E-state index in [1.54, 1.807) is 20.8 Å². The van der Waals surface area contributed by atoms with E-state index in [9.17, 15) is 18.0 Å². The predicted octanol–water partition coefficient (Wildman–Crippen LogP) is 5.83. The van der Waals surface area contributed by atoms with E-state index in [-0.39, 0.29) is 17.2 Å².